The van der Waals surface area contributed by atoms with Gasteiger partial charge in [0.25, 0.3) is 0 Å². The number of carbonyl (C=O) groups excluding carboxylic acids is 1. The summed E-state index contributed by atoms with van der Waals surface area (Å²) in [6, 6.07) is 0.452. The Kier molecular flexibility index (Phi) is 3.41. The Morgan fingerprint density at radius 2 is 2.14 bits per heavy atom. The van der Waals surface area contributed by atoms with Crippen molar-refractivity contribution in [3.8, 4) is 0 Å². The van der Waals surface area contributed by atoms with E-state index in [0.717, 1.165) is 18.0 Å². The molecule has 0 aromatic carbocycles. The molecule has 2 atom stereocenters. The molecule has 1 fully saturated rings. The minimum Gasteiger partial charge on any atom is -0.444 e. The first kappa shape index (κ1) is 14.7. The van der Waals surface area contributed by atoms with Crippen molar-refractivity contribution in [2.75, 3.05) is 18.8 Å². The molecule has 0 bridgehead atoms. The Morgan fingerprint density at radius 3 is 2.71 bits per heavy atom. The molecule has 1 aromatic rings. The van der Waals surface area contributed by atoms with Crippen LogP contribution in [0.1, 0.15) is 55.8 Å². The van der Waals surface area contributed by atoms with Crippen LogP contribution in [-0.4, -0.2) is 29.7 Å². The van der Waals surface area contributed by atoms with Crippen molar-refractivity contribution in [2.24, 2.45) is 0 Å². The highest BCUT2D eigenvalue weighted by molar-refractivity contribution is 7.16. The molecule has 2 aliphatic rings. The monoisotopic (exact) mass is 309 g/mol. The smallest absolute Gasteiger partial charge is 0.410 e. The lowest BCUT2D eigenvalue weighted by Gasteiger charge is -2.35. The second-order valence-corrected chi connectivity index (χ2v) is 7.87. The standard InChI is InChI=1S/C15H23N3O2S/c1-8-12-9(11(10-7-17-10)13(16)21-12)5-6-18(8)14(19)20-15(2,3)4/h8,10,17H,5-7,16H2,1-4H3. The summed E-state index contributed by atoms with van der Waals surface area (Å²) in [4.78, 5) is 15.4. The number of fused-ring (bicyclic) bond motifs is 1. The van der Waals surface area contributed by atoms with Gasteiger partial charge in [-0.2, -0.15) is 0 Å². The summed E-state index contributed by atoms with van der Waals surface area (Å²) in [6.07, 6.45) is 0.624. The Labute approximate surface area is 129 Å². The number of hydrogen-bond acceptors (Lipinski definition) is 5. The van der Waals surface area contributed by atoms with Gasteiger partial charge in [-0.1, -0.05) is 0 Å². The Hall–Kier alpha value is -1.27. The van der Waals surface area contributed by atoms with Crippen molar-refractivity contribution >= 4 is 22.4 Å². The first-order chi connectivity index (χ1) is 9.78. The van der Waals surface area contributed by atoms with E-state index in [4.69, 9.17) is 10.5 Å². The first-order valence-electron chi connectivity index (χ1n) is 7.42. The van der Waals surface area contributed by atoms with Crippen molar-refractivity contribution < 1.29 is 9.53 Å². The number of carbonyl (C=O) groups is 1. The number of thiophene rings is 1. The molecule has 0 saturated carbocycles. The van der Waals surface area contributed by atoms with E-state index in [9.17, 15) is 4.79 Å². The van der Waals surface area contributed by atoms with Crippen LogP contribution in [0.15, 0.2) is 0 Å². The predicted octanol–water partition coefficient (Wildman–Crippen LogP) is 2.83. The Bertz CT molecular complexity index is 572. The van der Waals surface area contributed by atoms with Gasteiger partial charge in [-0.3, -0.25) is 0 Å². The largest absolute Gasteiger partial charge is 0.444 e. The molecule has 0 aliphatic carbocycles. The maximum atomic E-state index is 12.3. The van der Waals surface area contributed by atoms with E-state index < -0.39 is 5.60 Å². The van der Waals surface area contributed by atoms with Gasteiger partial charge in [-0.05, 0) is 39.7 Å². The van der Waals surface area contributed by atoms with Crippen LogP contribution in [0, 0.1) is 0 Å². The second-order valence-electron chi connectivity index (χ2n) is 6.78. The van der Waals surface area contributed by atoms with Gasteiger partial charge in [0, 0.05) is 29.6 Å². The van der Waals surface area contributed by atoms with E-state index in [1.165, 1.54) is 16.0 Å². The van der Waals surface area contributed by atoms with E-state index in [1.54, 1.807) is 11.3 Å². The second kappa shape index (κ2) is 4.88. The van der Waals surface area contributed by atoms with Gasteiger partial charge in [0.1, 0.15) is 5.60 Å². The number of ether oxygens (including phenoxy) is 1. The molecule has 3 rings (SSSR count). The number of amides is 1. The normalized spacial score (nSPS) is 24.7. The van der Waals surface area contributed by atoms with Crippen molar-refractivity contribution in [2.45, 2.75) is 51.8 Å². The van der Waals surface area contributed by atoms with Gasteiger partial charge in [-0.15, -0.1) is 11.3 Å². The third-order valence-corrected chi connectivity index (χ3v) is 5.19. The van der Waals surface area contributed by atoms with Crippen LogP contribution in [0.4, 0.5) is 9.80 Å². The molecule has 1 saturated heterocycles. The number of nitrogens with two attached hydrogens (primary N) is 1. The summed E-state index contributed by atoms with van der Waals surface area (Å²) >= 11 is 1.62. The maximum Gasteiger partial charge on any atom is 0.410 e. The van der Waals surface area contributed by atoms with Crippen LogP contribution in [0.2, 0.25) is 0 Å². The number of nitrogen functional groups attached to an aromatic ring is 1. The van der Waals surface area contributed by atoms with Gasteiger partial charge < -0.3 is 20.7 Å². The number of nitrogens with one attached hydrogen (secondary N) is 1. The molecule has 2 aliphatic heterocycles. The first-order valence-corrected chi connectivity index (χ1v) is 8.23. The lowest BCUT2D eigenvalue weighted by atomic mass is 9.97. The Morgan fingerprint density at radius 1 is 1.48 bits per heavy atom. The fourth-order valence-corrected chi connectivity index (χ4v) is 4.14. The quantitative estimate of drug-likeness (QED) is 0.782. The molecule has 0 spiro atoms. The van der Waals surface area contributed by atoms with E-state index in [1.807, 2.05) is 25.7 Å². The lowest BCUT2D eigenvalue weighted by molar-refractivity contribution is 0.0163. The van der Waals surface area contributed by atoms with Crippen LogP contribution in [0.5, 0.6) is 0 Å². The van der Waals surface area contributed by atoms with E-state index in [2.05, 4.69) is 12.2 Å². The third-order valence-electron chi connectivity index (χ3n) is 3.94. The minimum absolute atomic E-state index is 0.0309. The van der Waals surface area contributed by atoms with Crippen molar-refractivity contribution in [3.63, 3.8) is 0 Å². The number of nitrogens with zero attached hydrogens (tertiary/aromatic N) is 1. The van der Waals surface area contributed by atoms with Gasteiger partial charge in [0.05, 0.1) is 11.0 Å². The van der Waals surface area contributed by atoms with Crippen molar-refractivity contribution in [3.05, 3.63) is 16.0 Å². The summed E-state index contributed by atoms with van der Waals surface area (Å²) in [5.74, 6) is 0. The molecule has 3 N–H and O–H groups in total. The average molecular weight is 309 g/mol. The van der Waals surface area contributed by atoms with Gasteiger partial charge >= 0.3 is 6.09 Å². The Balaban J connectivity index is 1.84. The molecule has 6 heteroatoms. The molecule has 5 nitrogen and oxygen atoms in total. The molecule has 1 amide bonds. The van der Waals surface area contributed by atoms with E-state index in [0.29, 0.717) is 12.6 Å². The molecule has 2 unspecified atom stereocenters. The molecule has 0 radical (unpaired) electrons. The minimum atomic E-state index is -0.464. The number of hydrogen-bond donors (Lipinski definition) is 2. The van der Waals surface area contributed by atoms with Crippen LogP contribution in [0.3, 0.4) is 0 Å². The zero-order valence-corrected chi connectivity index (χ0v) is 13.8. The number of rotatable bonds is 1. The van der Waals surface area contributed by atoms with Crippen molar-refractivity contribution in [1.82, 2.24) is 10.2 Å². The summed E-state index contributed by atoms with van der Waals surface area (Å²) in [6.45, 7) is 9.44. The zero-order valence-electron chi connectivity index (χ0n) is 13.0. The maximum absolute atomic E-state index is 12.3. The predicted molar refractivity (Wildman–Crippen MR) is 84.5 cm³/mol. The molecule has 21 heavy (non-hydrogen) atoms. The van der Waals surface area contributed by atoms with E-state index in [-0.39, 0.29) is 12.1 Å². The van der Waals surface area contributed by atoms with Crippen LogP contribution >= 0.6 is 11.3 Å². The zero-order chi connectivity index (χ0) is 15.4. The van der Waals surface area contributed by atoms with Gasteiger partial charge in [-0.25, -0.2) is 4.79 Å². The molecule has 116 valence electrons. The molecule has 1 aromatic heterocycles. The highest BCUT2D eigenvalue weighted by Gasteiger charge is 2.37. The topological polar surface area (TPSA) is 77.5 Å². The highest BCUT2D eigenvalue weighted by atomic mass is 32.1. The van der Waals surface area contributed by atoms with Gasteiger partial charge in [0.2, 0.25) is 0 Å². The molecular formula is C15H23N3O2S. The van der Waals surface area contributed by atoms with Gasteiger partial charge in [0.15, 0.2) is 0 Å². The fraction of sp³-hybridized carbons (Fsp3) is 0.667. The van der Waals surface area contributed by atoms with Crippen LogP contribution < -0.4 is 11.1 Å². The summed E-state index contributed by atoms with van der Waals surface area (Å²) in [7, 11) is 0. The summed E-state index contributed by atoms with van der Waals surface area (Å²) in [5, 5.41) is 4.23. The number of anilines is 1. The average Bonchev–Trinajstić information content (AvgIpc) is 3.11. The van der Waals surface area contributed by atoms with Crippen LogP contribution in [0.25, 0.3) is 0 Å². The highest BCUT2D eigenvalue weighted by Crippen LogP contribution is 2.45. The molecule has 3 heterocycles. The summed E-state index contributed by atoms with van der Waals surface area (Å²) in [5.41, 5.74) is 8.34. The van der Waals surface area contributed by atoms with Crippen molar-refractivity contribution in [1.29, 1.82) is 0 Å². The van der Waals surface area contributed by atoms with E-state index >= 15 is 0 Å². The fourth-order valence-electron chi connectivity index (χ4n) is 2.89. The SMILES string of the molecule is CC1c2sc(N)c(C3CN3)c2CCN1C(=O)OC(C)(C)C. The third kappa shape index (κ3) is 2.74. The summed E-state index contributed by atoms with van der Waals surface area (Å²) < 4.78 is 5.51. The van der Waals surface area contributed by atoms with Crippen LogP contribution in [-0.2, 0) is 11.2 Å². The molecular weight excluding hydrogens is 286 g/mol. The lowest BCUT2D eigenvalue weighted by Crippen LogP contribution is -2.41.